The van der Waals surface area contributed by atoms with Gasteiger partial charge in [0.1, 0.15) is 5.60 Å². The van der Waals surface area contributed by atoms with Crippen LogP contribution in [0.25, 0.3) is 11.5 Å². The Morgan fingerprint density at radius 2 is 2.05 bits per heavy atom. The molecule has 0 radical (unpaired) electrons. The van der Waals surface area contributed by atoms with Gasteiger partial charge in [-0.05, 0) is 44.2 Å². The number of methoxy groups -OCH3 is 1. The number of ether oxygens (including phenoxy) is 1. The number of rotatable bonds is 3. The lowest BCUT2D eigenvalue weighted by Crippen LogP contribution is -2.25. The summed E-state index contributed by atoms with van der Waals surface area (Å²) in [4.78, 5) is 4.54. The first kappa shape index (κ1) is 13.1. The highest BCUT2D eigenvalue weighted by Crippen LogP contribution is 2.41. The van der Waals surface area contributed by atoms with Crippen LogP contribution in [-0.2, 0) is 10.3 Å². The van der Waals surface area contributed by atoms with Crippen LogP contribution in [0.1, 0.15) is 37.1 Å². The van der Waals surface area contributed by atoms with E-state index in [-0.39, 0.29) is 5.60 Å². The number of nitrogens with two attached hydrogens (primary N) is 1. The van der Waals surface area contributed by atoms with Crippen molar-refractivity contribution in [3.63, 3.8) is 0 Å². The smallest absolute Gasteiger partial charge is 0.260 e. The standard InChI is InChI=1S/C15H19N3O2/c1-10-6-5-7-11(16)12(10)13-17-14(18-20-13)15(19-2)8-3-4-9-15/h5-7H,3-4,8-9,16H2,1-2H3. The topological polar surface area (TPSA) is 74.2 Å². The van der Waals surface area contributed by atoms with Crippen LogP contribution in [0.3, 0.4) is 0 Å². The first-order valence-electron chi connectivity index (χ1n) is 6.91. The first-order chi connectivity index (χ1) is 9.66. The average molecular weight is 273 g/mol. The average Bonchev–Trinajstić information content (AvgIpc) is 3.08. The fourth-order valence-electron chi connectivity index (χ4n) is 2.96. The molecular formula is C15H19N3O2. The maximum Gasteiger partial charge on any atom is 0.260 e. The number of anilines is 1. The van der Waals surface area contributed by atoms with Crippen LogP contribution in [-0.4, -0.2) is 17.3 Å². The van der Waals surface area contributed by atoms with Gasteiger partial charge in [-0.25, -0.2) is 0 Å². The Morgan fingerprint density at radius 1 is 1.30 bits per heavy atom. The molecule has 0 amide bonds. The van der Waals surface area contributed by atoms with Crippen molar-refractivity contribution < 1.29 is 9.26 Å². The van der Waals surface area contributed by atoms with Gasteiger partial charge in [0.25, 0.3) is 5.89 Å². The second-order valence-corrected chi connectivity index (χ2v) is 5.37. The van der Waals surface area contributed by atoms with Crippen LogP contribution in [0.4, 0.5) is 5.69 Å². The third-order valence-corrected chi connectivity index (χ3v) is 4.15. The molecule has 2 aromatic rings. The second kappa shape index (κ2) is 4.90. The van der Waals surface area contributed by atoms with Gasteiger partial charge >= 0.3 is 0 Å². The van der Waals surface area contributed by atoms with Crippen molar-refractivity contribution in [2.75, 3.05) is 12.8 Å². The van der Waals surface area contributed by atoms with Crippen molar-refractivity contribution in [2.45, 2.75) is 38.2 Å². The summed E-state index contributed by atoms with van der Waals surface area (Å²) in [5.74, 6) is 1.11. The number of nitrogen functional groups attached to an aromatic ring is 1. The Hall–Kier alpha value is -1.88. The molecule has 0 unspecified atom stereocenters. The predicted octanol–water partition coefficient (Wildman–Crippen LogP) is 3.04. The Kier molecular flexibility index (Phi) is 3.22. The lowest BCUT2D eigenvalue weighted by atomic mass is 10.0. The van der Waals surface area contributed by atoms with Crippen molar-refractivity contribution in [1.29, 1.82) is 0 Å². The summed E-state index contributed by atoms with van der Waals surface area (Å²) in [5.41, 5.74) is 8.13. The molecule has 1 aliphatic rings. The van der Waals surface area contributed by atoms with Crippen molar-refractivity contribution >= 4 is 5.69 Å². The monoisotopic (exact) mass is 273 g/mol. The molecule has 5 heteroatoms. The van der Waals surface area contributed by atoms with E-state index < -0.39 is 0 Å². The van der Waals surface area contributed by atoms with E-state index in [4.69, 9.17) is 15.0 Å². The van der Waals surface area contributed by atoms with Gasteiger partial charge in [-0.1, -0.05) is 17.3 Å². The van der Waals surface area contributed by atoms with E-state index in [1.165, 1.54) is 0 Å². The summed E-state index contributed by atoms with van der Waals surface area (Å²) in [7, 11) is 1.71. The van der Waals surface area contributed by atoms with Gasteiger partial charge in [-0.15, -0.1) is 0 Å². The minimum absolute atomic E-state index is 0.390. The van der Waals surface area contributed by atoms with E-state index >= 15 is 0 Å². The van der Waals surface area contributed by atoms with Crippen molar-refractivity contribution in [2.24, 2.45) is 0 Å². The second-order valence-electron chi connectivity index (χ2n) is 5.37. The molecule has 0 spiro atoms. The molecule has 106 valence electrons. The highest BCUT2D eigenvalue weighted by atomic mass is 16.5. The van der Waals surface area contributed by atoms with Crippen molar-refractivity contribution in [3.05, 3.63) is 29.6 Å². The molecule has 20 heavy (non-hydrogen) atoms. The Balaban J connectivity index is 2.02. The van der Waals surface area contributed by atoms with Crippen molar-refractivity contribution in [3.8, 4) is 11.5 Å². The van der Waals surface area contributed by atoms with Crippen LogP contribution in [0, 0.1) is 6.92 Å². The fourth-order valence-corrected chi connectivity index (χ4v) is 2.96. The van der Waals surface area contributed by atoms with Crippen LogP contribution >= 0.6 is 0 Å². The van der Waals surface area contributed by atoms with E-state index in [1.54, 1.807) is 7.11 Å². The zero-order valence-electron chi connectivity index (χ0n) is 11.8. The van der Waals surface area contributed by atoms with Crippen LogP contribution in [0.5, 0.6) is 0 Å². The van der Waals surface area contributed by atoms with Gasteiger partial charge in [0.2, 0.25) is 5.82 Å². The summed E-state index contributed by atoms with van der Waals surface area (Å²) in [5, 5.41) is 4.13. The van der Waals surface area contributed by atoms with Crippen LogP contribution in [0.2, 0.25) is 0 Å². The number of benzene rings is 1. The Bertz CT molecular complexity index is 595. The molecule has 1 fully saturated rings. The highest BCUT2D eigenvalue weighted by molar-refractivity contribution is 5.73. The van der Waals surface area contributed by atoms with Crippen LogP contribution in [0.15, 0.2) is 22.7 Å². The maximum atomic E-state index is 6.02. The third kappa shape index (κ3) is 1.98. The molecule has 5 nitrogen and oxygen atoms in total. The van der Waals surface area contributed by atoms with E-state index in [2.05, 4.69) is 10.1 Å². The molecule has 0 bridgehead atoms. The molecule has 1 saturated carbocycles. The molecule has 1 aromatic heterocycles. The van der Waals surface area contributed by atoms with Gasteiger partial charge in [0.15, 0.2) is 0 Å². The molecule has 3 rings (SSSR count). The summed E-state index contributed by atoms with van der Waals surface area (Å²) >= 11 is 0. The Morgan fingerprint density at radius 3 is 2.70 bits per heavy atom. The Labute approximate surface area is 118 Å². The summed E-state index contributed by atoms with van der Waals surface area (Å²) in [6.45, 7) is 1.98. The lowest BCUT2D eigenvalue weighted by molar-refractivity contribution is -0.0178. The third-order valence-electron chi connectivity index (χ3n) is 4.15. The number of hydrogen-bond acceptors (Lipinski definition) is 5. The molecule has 1 heterocycles. The summed E-state index contributed by atoms with van der Waals surface area (Å²) in [6, 6.07) is 5.74. The van der Waals surface area contributed by atoms with E-state index in [9.17, 15) is 0 Å². The van der Waals surface area contributed by atoms with E-state index in [0.717, 1.165) is 36.8 Å². The highest BCUT2D eigenvalue weighted by Gasteiger charge is 2.40. The number of aromatic nitrogens is 2. The number of aryl methyl sites for hydroxylation is 1. The minimum atomic E-state index is -0.390. The minimum Gasteiger partial charge on any atom is -0.398 e. The molecule has 0 saturated heterocycles. The molecule has 0 atom stereocenters. The van der Waals surface area contributed by atoms with Gasteiger partial charge in [0, 0.05) is 12.8 Å². The van der Waals surface area contributed by atoms with Gasteiger partial charge in [-0.3, -0.25) is 0 Å². The number of hydrogen-bond donors (Lipinski definition) is 1. The van der Waals surface area contributed by atoms with Gasteiger partial charge in [0.05, 0.1) is 5.56 Å². The summed E-state index contributed by atoms with van der Waals surface area (Å²) in [6.07, 6.45) is 4.13. The molecule has 0 aliphatic heterocycles. The van der Waals surface area contributed by atoms with E-state index in [1.807, 2.05) is 25.1 Å². The maximum absolute atomic E-state index is 6.02. The largest absolute Gasteiger partial charge is 0.398 e. The quantitative estimate of drug-likeness (QED) is 0.870. The molecule has 1 aromatic carbocycles. The molecule has 1 aliphatic carbocycles. The van der Waals surface area contributed by atoms with Crippen molar-refractivity contribution in [1.82, 2.24) is 10.1 Å². The summed E-state index contributed by atoms with van der Waals surface area (Å²) < 4.78 is 11.1. The van der Waals surface area contributed by atoms with Gasteiger partial charge < -0.3 is 15.0 Å². The first-order valence-corrected chi connectivity index (χ1v) is 6.91. The van der Waals surface area contributed by atoms with Gasteiger partial charge in [-0.2, -0.15) is 4.98 Å². The van der Waals surface area contributed by atoms with E-state index in [0.29, 0.717) is 17.4 Å². The normalized spacial score (nSPS) is 17.5. The SMILES string of the molecule is COC1(c2noc(-c3c(C)cccc3N)n2)CCCC1. The molecular weight excluding hydrogens is 254 g/mol. The predicted molar refractivity (Wildman–Crippen MR) is 76.0 cm³/mol. The molecule has 2 N–H and O–H groups in total. The lowest BCUT2D eigenvalue weighted by Gasteiger charge is -2.22. The zero-order chi connectivity index (χ0) is 14.2. The zero-order valence-corrected chi connectivity index (χ0v) is 11.8. The number of nitrogens with zero attached hydrogens (tertiary/aromatic N) is 2. The fraction of sp³-hybridized carbons (Fsp3) is 0.467. The van der Waals surface area contributed by atoms with Crippen LogP contribution < -0.4 is 5.73 Å².